The summed E-state index contributed by atoms with van der Waals surface area (Å²) >= 11 is 0. The molecule has 0 spiro atoms. The second kappa shape index (κ2) is 9.54. The van der Waals surface area contributed by atoms with Crippen molar-refractivity contribution in [1.82, 2.24) is 0 Å². The van der Waals surface area contributed by atoms with Crippen LogP contribution in [-0.4, -0.2) is 59.7 Å². The van der Waals surface area contributed by atoms with Gasteiger partial charge in [0.05, 0.1) is 11.0 Å². The number of hydrogen-bond donors (Lipinski definition) is 0. The lowest BCUT2D eigenvalue weighted by Gasteiger charge is -2.43. The third-order valence-electron chi connectivity index (χ3n) is 4.99. The summed E-state index contributed by atoms with van der Waals surface area (Å²) in [5.41, 5.74) is -1.50. The Hall–Kier alpha value is -2.61. The van der Waals surface area contributed by atoms with Gasteiger partial charge in [0.15, 0.2) is 0 Å². The Bertz CT molecular complexity index is 1000. The molecule has 0 saturated heterocycles. The Kier molecular flexibility index (Phi) is 8.39. The van der Waals surface area contributed by atoms with E-state index in [1.54, 1.807) is 0 Å². The Balaban J connectivity index is 3.56. The highest BCUT2D eigenvalue weighted by Gasteiger charge is 2.95. The average Bonchev–Trinajstić information content (AvgIpc) is 2.75. The van der Waals surface area contributed by atoms with E-state index < -0.39 is 76.3 Å². The summed E-state index contributed by atoms with van der Waals surface area (Å²) in [5.74, 6) is -57.1. The van der Waals surface area contributed by atoms with Crippen LogP contribution < -0.4 is 0 Å². The quantitative estimate of drug-likeness (QED) is 0.149. The Morgan fingerprint density at radius 2 is 1.00 bits per heavy atom. The second-order valence-electron chi connectivity index (χ2n) is 7.43. The van der Waals surface area contributed by atoms with E-state index in [1.165, 1.54) is 0 Å². The fourth-order valence-electron chi connectivity index (χ4n) is 2.71. The van der Waals surface area contributed by atoms with Crippen molar-refractivity contribution >= 4 is 5.69 Å². The molecule has 0 aliphatic rings. The van der Waals surface area contributed by atoms with Crippen molar-refractivity contribution in [3.05, 3.63) is 39.9 Å². The third kappa shape index (κ3) is 4.80. The van der Waals surface area contributed by atoms with Crippen molar-refractivity contribution in [2.45, 2.75) is 60.2 Å². The number of nitro groups is 1. The van der Waals surface area contributed by atoms with E-state index in [0.29, 0.717) is 31.4 Å². The van der Waals surface area contributed by atoms with Gasteiger partial charge in [0.2, 0.25) is 0 Å². The number of halogens is 17. The van der Waals surface area contributed by atoms with Crippen LogP contribution in [0.4, 0.5) is 80.3 Å². The summed E-state index contributed by atoms with van der Waals surface area (Å²) in [4.78, 5) is 9.50. The van der Waals surface area contributed by atoms with Gasteiger partial charge in [-0.05, 0) is 17.7 Å². The van der Waals surface area contributed by atoms with Crippen molar-refractivity contribution < 1.29 is 84.3 Å². The summed E-state index contributed by atoms with van der Waals surface area (Å²) in [5, 5.41) is 10.6. The summed E-state index contributed by atoms with van der Waals surface area (Å²) < 4.78 is 231. The van der Waals surface area contributed by atoms with Crippen LogP contribution in [0.5, 0.6) is 0 Å². The maximum atomic E-state index is 14.2. The zero-order valence-electron chi connectivity index (χ0n) is 17.7. The molecule has 0 saturated carbocycles. The Morgan fingerprint density at radius 3 is 1.32 bits per heavy atom. The number of ether oxygens (including phenoxy) is 1. The van der Waals surface area contributed by atoms with E-state index in [1.807, 2.05) is 0 Å². The number of non-ortho nitro benzene ring substituents is 1. The van der Waals surface area contributed by atoms with Gasteiger partial charge in [-0.3, -0.25) is 10.1 Å². The minimum Gasteiger partial charge on any atom is -0.377 e. The van der Waals surface area contributed by atoms with E-state index in [2.05, 4.69) is 4.74 Å². The molecule has 4 nitrogen and oxygen atoms in total. The van der Waals surface area contributed by atoms with Gasteiger partial charge < -0.3 is 4.74 Å². The molecule has 1 aromatic rings. The van der Waals surface area contributed by atoms with E-state index in [-0.39, 0.29) is 0 Å². The number of rotatable bonds is 11. The first kappa shape index (κ1) is 33.4. The molecule has 21 heteroatoms. The van der Waals surface area contributed by atoms with Crippen molar-refractivity contribution in [3.63, 3.8) is 0 Å². The van der Waals surface area contributed by atoms with Crippen LogP contribution in [0, 0.1) is 10.1 Å². The highest BCUT2D eigenvalue weighted by atomic mass is 19.4. The molecule has 0 N–H and O–H groups in total. The topological polar surface area (TPSA) is 52.4 Å². The number of alkyl halides is 17. The summed E-state index contributed by atoms with van der Waals surface area (Å²) in [7, 11) is 0.418. The molecule has 0 bridgehead atoms. The molecule has 1 rings (SSSR count). The Morgan fingerprint density at radius 1 is 0.658 bits per heavy atom. The number of nitro benzene ring substituents is 1. The van der Waals surface area contributed by atoms with Gasteiger partial charge >= 0.3 is 47.6 Å². The standard InChI is InChI=1S/C17H10F17NO3/c1-38-9(7-2-4-8(5-3-7)35(36)37)6-10(18,19)11(20,21)12(22,23)13(24,25)14(26,27)15(28,29)16(30,31)17(32,33)34/h2-5,9H,6H2,1H3. The molecule has 1 aromatic carbocycles. The maximum Gasteiger partial charge on any atom is 0.460 e. The van der Waals surface area contributed by atoms with Crippen LogP contribution in [0.15, 0.2) is 24.3 Å². The fraction of sp³-hybridized carbons (Fsp3) is 0.647. The predicted octanol–water partition coefficient (Wildman–Crippen LogP) is 7.68. The molecule has 1 atom stereocenters. The van der Waals surface area contributed by atoms with Crippen molar-refractivity contribution in [3.8, 4) is 0 Å². The van der Waals surface area contributed by atoms with Crippen LogP contribution in [0.25, 0.3) is 0 Å². The molecule has 0 radical (unpaired) electrons. The van der Waals surface area contributed by atoms with Crippen LogP contribution in [-0.2, 0) is 4.74 Å². The largest absolute Gasteiger partial charge is 0.460 e. The van der Waals surface area contributed by atoms with E-state index in [0.717, 1.165) is 0 Å². The zero-order valence-corrected chi connectivity index (χ0v) is 17.7. The molecular formula is C17H10F17NO3. The van der Waals surface area contributed by atoms with E-state index in [4.69, 9.17) is 0 Å². The molecule has 0 heterocycles. The number of methoxy groups -OCH3 is 1. The summed E-state index contributed by atoms with van der Waals surface area (Å²) in [6, 6.07) is 2.09. The SMILES string of the molecule is COC(CC(F)(F)C(F)(F)C(F)(F)C(F)(F)C(F)(F)C(F)(F)C(F)(F)C(F)(F)F)c1ccc([N+](=O)[O-])cc1. The lowest BCUT2D eigenvalue weighted by molar-refractivity contribution is -0.462. The van der Waals surface area contributed by atoms with Crippen molar-refractivity contribution in [2.24, 2.45) is 0 Å². The smallest absolute Gasteiger partial charge is 0.377 e. The number of nitrogens with zero attached hydrogens (tertiary/aromatic N) is 1. The van der Waals surface area contributed by atoms with Gasteiger partial charge in [0.1, 0.15) is 0 Å². The predicted molar refractivity (Wildman–Crippen MR) is 88.1 cm³/mol. The normalized spacial score (nSPS) is 15.9. The summed E-state index contributed by atoms with van der Waals surface area (Å²) in [6.45, 7) is 0. The molecule has 0 aromatic heterocycles. The van der Waals surface area contributed by atoms with Gasteiger partial charge in [-0.1, -0.05) is 0 Å². The minimum absolute atomic E-state index is 0.418. The van der Waals surface area contributed by atoms with Gasteiger partial charge in [-0.25, -0.2) is 0 Å². The van der Waals surface area contributed by atoms with Crippen molar-refractivity contribution in [2.75, 3.05) is 7.11 Å². The van der Waals surface area contributed by atoms with Crippen molar-refractivity contribution in [1.29, 1.82) is 0 Å². The second-order valence-corrected chi connectivity index (χ2v) is 7.43. The van der Waals surface area contributed by atoms with Gasteiger partial charge in [0.25, 0.3) is 5.69 Å². The molecule has 220 valence electrons. The molecule has 0 aliphatic carbocycles. The van der Waals surface area contributed by atoms with Crippen LogP contribution in [0.2, 0.25) is 0 Å². The maximum absolute atomic E-state index is 14.2. The van der Waals surface area contributed by atoms with Gasteiger partial charge in [-0.15, -0.1) is 0 Å². The number of hydrogen-bond acceptors (Lipinski definition) is 3. The van der Waals surface area contributed by atoms with Crippen LogP contribution in [0.1, 0.15) is 18.1 Å². The Labute approximate surface area is 198 Å². The van der Waals surface area contributed by atoms with Crippen LogP contribution >= 0.6 is 0 Å². The molecule has 1 unspecified atom stereocenters. The first-order chi connectivity index (χ1) is 16.6. The van der Waals surface area contributed by atoms with Gasteiger partial charge in [-0.2, -0.15) is 74.6 Å². The molecular weight excluding hydrogens is 589 g/mol. The zero-order chi connectivity index (χ0) is 30.6. The molecule has 0 fully saturated rings. The van der Waals surface area contributed by atoms with Crippen LogP contribution in [0.3, 0.4) is 0 Å². The van der Waals surface area contributed by atoms with E-state index >= 15 is 0 Å². The minimum atomic E-state index is -8.71. The first-order valence-electron chi connectivity index (χ1n) is 9.07. The lowest BCUT2D eigenvalue weighted by Crippen LogP contribution is -2.74. The first-order valence-corrected chi connectivity index (χ1v) is 9.07. The monoisotopic (exact) mass is 599 g/mol. The molecule has 0 amide bonds. The molecule has 38 heavy (non-hydrogen) atoms. The van der Waals surface area contributed by atoms with Gasteiger partial charge in [0, 0.05) is 25.7 Å². The fourth-order valence-corrected chi connectivity index (χ4v) is 2.71. The number of benzene rings is 1. The summed E-state index contributed by atoms with van der Waals surface area (Å²) in [6.07, 6.45) is -13.2. The average molecular weight is 599 g/mol. The highest BCUT2D eigenvalue weighted by Crippen LogP contribution is 2.64. The molecule has 0 aliphatic heterocycles. The highest BCUT2D eigenvalue weighted by molar-refractivity contribution is 5.34. The van der Waals surface area contributed by atoms with E-state index in [9.17, 15) is 84.8 Å². The lowest BCUT2D eigenvalue weighted by atomic mass is 9.87. The third-order valence-corrected chi connectivity index (χ3v) is 4.99.